The fourth-order valence-electron chi connectivity index (χ4n) is 3.15. The minimum Gasteiger partial charge on any atom is -0.357 e. The van der Waals surface area contributed by atoms with E-state index in [0.717, 1.165) is 18.1 Å². The summed E-state index contributed by atoms with van der Waals surface area (Å²) in [5, 5.41) is 9.20. The second-order valence-corrected chi connectivity index (χ2v) is 7.08. The SMILES string of the molecule is CCNC(=NCc1ccc(C(=O)N(C)C)cc1)NCc1cccc2ccccc12.I. The highest BCUT2D eigenvalue weighted by atomic mass is 127. The van der Waals surface area contributed by atoms with E-state index in [4.69, 9.17) is 0 Å². The maximum absolute atomic E-state index is 12.0. The van der Waals surface area contributed by atoms with Crippen molar-refractivity contribution in [1.82, 2.24) is 15.5 Å². The maximum atomic E-state index is 12.0. The van der Waals surface area contributed by atoms with Crippen LogP contribution in [0.1, 0.15) is 28.4 Å². The number of halogens is 1. The molecule has 0 atom stereocenters. The van der Waals surface area contributed by atoms with Gasteiger partial charge < -0.3 is 15.5 Å². The van der Waals surface area contributed by atoms with Gasteiger partial charge in [0.05, 0.1) is 6.54 Å². The molecule has 3 aromatic carbocycles. The summed E-state index contributed by atoms with van der Waals surface area (Å²) >= 11 is 0. The number of amides is 1. The summed E-state index contributed by atoms with van der Waals surface area (Å²) in [6.45, 7) is 4.08. The van der Waals surface area contributed by atoms with Crippen LogP contribution in [0, 0.1) is 0 Å². The molecule has 0 radical (unpaired) electrons. The molecule has 1 amide bonds. The number of carbonyl (C=O) groups excluding carboxylic acids is 1. The molecule has 2 N–H and O–H groups in total. The summed E-state index contributed by atoms with van der Waals surface area (Å²) in [7, 11) is 3.51. The van der Waals surface area contributed by atoms with Crippen LogP contribution in [0.5, 0.6) is 0 Å². The first-order valence-corrected chi connectivity index (χ1v) is 9.88. The van der Waals surface area contributed by atoms with E-state index in [1.54, 1.807) is 19.0 Å². The van der Waals surface area contributed by atoms with E-state index in [2.05, 4.69) is 65.0 Å². The Morgan fingerprint density at radius 1 is 0.933 bits per heavy atom. The first-order chi connectivity index (χ1) is 14.1. The van der Waals surface area contributed by atoms with E-state index in [9.17, 15) is 4.79 Å². The lowest BCUT2D eigenvalue weighted by Gasteiger charge is -2.13. The second kappa shape index (κ2) is 11.5. The fraction of sp³-hybridized carbons (Fsp3) is 0.250. The number of benzene rings is 3. The van der Waals surface area contributed by atoms with Crippen LogP contribution < -0.4 is 10.6 Å². The number of nitrogens with zero attached hydrogens (tertiary/aromatic N) is 2. The number of hydrogen-bond donors (Lipinski definition) is 2. The molecule has 3 aromatic rings. The van der Waals surface area contributed by atoms with Crippen LogP contribution in [-0.4, -0.2) is 37.4 Å². The molecular weight excluding hydrogens is 487 g/mol. The van der Waals surface area contributed by atoms with Gasteiger partial charge in [-0.15, -0.1) is 24.0 Å². The first kappa shape index (κ1) is 23.7. The zero-order valence-electron chi connectivity index (χ0n) is 17.7. The lowest BCUT2D eigenvalue weighted by molar-refractivity contribution is 0.0827. The zero-order chi connectivity index (χ0) is 20.6. The minimum atomic E-state index is 0. The molecule has 158 valence electrons. The first-order valence-electron chi connectivity index (χ1n) is 9.88. The molecule has 0 saturated heterocycles. The van der Waals surface area contributed by atoms with Gasteiger partial charge in [0.15, 0.2) is 5.96 Å². The van der Waals surface area contributed by atoms with Gasteiger partial charge in [0.2, 0.25) is 0 Å². The van der Waals surface area contributed by atoms with Crippen molar-refractivity contribution in [3.8, 4) is 0 Å². The molecule has 6 heteroatoms. The van der Waals surface area contributed by atoms with Crippen LogP contribution in [0.25, 0.3) is 10.8 Å². The molecule has 0 aliphatic rings. The van der Waals surface area contributed by atoms with Crippen molar-refractivity contribution in [2.45, 2.75) is 20.0 Å². The Kier molecular flexibility index (Phi) is 9.11. The largest absolute Gasteiger partial charge is 0.357 e. The summed E-state index contributed by atoms with van der Waals surface area (Å²) in [6.07, 6.45) is 0. The standard InChI is InChI=1S/C24H28N4O.HI/c1-4-25-24(26-16-18-12-14-20(15-13-18)23(29)28(2)3)27-17-21-10-7-9-19-8-5-6-11-22(19)21;/h5-15H,4,16-17H2,1-3H3,(H2,25,26,27);1H. The summed E-state index contributed by atoms with van der Waals surface area (Å²) < 4.78 is 0. The molecule has 0 spiro atoms. The number of fused-ring (bicyclic) bond motifs is 1. The summed E-state index contributed by atoms with van der Waals surface area (Å²) in [4.78, 5) is 18.3. The van der Waals surface area contributed by atoms with Crippen LogP contribution in [0.15, 0.2) is 71.7 Å². The molecular formula is C24H29IN4O. The highest BCUT2D eigenvalue weighted by Crippen LogP contribution is 2.18. The Morgan fingerprint density at radius 2 is 1.63 bits per heavy atom. The van der Waals surface area contributed by atoms with Gasteiger partial charge in [-0.05, 0) is 41.0 Å². The van der Waals surface area contributed by atoms with Crippen molar-refractivity contribution in [2.24, 2.45) is 4.99 Å². The molecule has 3 rings (SSSR count). The van der Waals surface area contributed by atoms with Gasteiger partial charge >= 0.3 is 0 Å². The highest BCUT2D eigenvalue weighted by molar-refractivity contribution is 14.0. The third-order valence-corrected chi connectivity index (χ3v) is 4.70. The van der Waals surface area contributed by atoms with E-state index >= 15 is 0 Å². The molecule has 5 nitrogen and oxygen atoms in total. The van der Waals surface area contributed by atoms with Gasteiger partial charge in [-0.3, -0.25) is 4.79 Å². The summed E-state index contributed by atoms with van der Waals surface area (Å²) in [5.41, 5.74) is 2.98. The lowest BCUT2D eigenvalue weighted by atomic mass is 10.0. The molecule has 0 aliphatic heterocycles. The summed E-state index contributed by atoms with van der Waals surface area (Å²) in [6, 6.07) is 22.4. The predicted molar refractivity (Wildman–Crippen MR) is 135 cm³/mol. The topological polar surface area (TPSA) is 56.7 Å². The van der Waals surface area contributed by atoms with E-state index in [1.807, 2.05) is 24.3 Å². The Hall–Kier alpha value is -2.61. The molecule has 0 heterocycles. The minimum absolute atomic E-state index is 0. The molecule has 0 unspecified atom stereocenters. The maximum Gasteiger partial charge on any atom is 0.253 e. The van der Waals surface area contributed by atoms with E-state index in [-0.39, 0.29) is 29.9 Å². The predicted octanol–water partition coefficient (Wildman–Crippen LogP) is 4.41. The van der Waals surface area contributed by atoms with Crippen LogP contribution >= 0.6 is 24.0 Å². The van der Waals surface area contributed by atoms with E-state index in [0.29, 0.717) is 18.7 Å². The highest BCUT2D eigenvalue weighted by Gasteiger charge is 2.07. The van der Waals surface area contributed by atoms with Crippen LogP contribution in [0.2, 0.25) is 0 Å². The normalized spacial score (nSPS) is 11.0. The van der Waals surface area contributed by atoms with Crippen molar-refractivity contribution in [1.29, 1.82) is 0 Å². The number of nitrogens with one attached hydrogen (secondary N) is 2. The molecule has 30 heavy (non-hydrogen) atoms. The Labute approximate surface area is 195 Å². The molecule has 0 aliphatic carbocycles. The number of rotatable bonds is 6. The monoisotopic (exact) mass is 516 g/mol. The third kappa shape index (κ3) is 6.19. The number of hydrogen-bond acceptors (Lipinski definition) is 2. The average Bonchev–Trinajstić information content (AvgIpc) is 2.75. The van der Waals surface area contributed by atoms with Crippen LogP contribution in [-0.2, 0) is 13.1 Å². The molecule has 0 aromatic heterocycles. The zero-order valence-corrected chi connectivity index (χ0v) is 20.0. The van der Waals surface area contributed by atoms with Crippen LogP contribution in [0.3, 0.4) is 0 Å². The fourth-order valence-corrected chi connectivity index (χ4v) is 3.15. The van der Waals surface area contributed by atoms with Gasteiger partial charge in [-0.2, -0.15) is 0 Å². The van der Waals surface area contributed by atoms with Gasteiger partial charge in [0, 0.05) is 32.7 Å². The van der Waals surface area contributed by atoms with Gasteiger partial charge in [-0.1, -0.05) is 54.6 Å². The molecule has 0 fully saturated rings. The number of carbonyl (C=O) groups is 1. The Bertz CT molecular complexity index is 994. The van der Waals surface area contributed by atoms with Crippen molar-refractivity contribution in [3.05, 3.63) is 83.4 Å². The van der Waals surface area contributed by atoms with E-state index in [1.165, 1.54) is 16.3 Å². The van der Waals surface area contributed by atoms with Crippen molar-refractivity contribution >= 4 is 46.6 Å². The van der Waals surface area contributed by atoms with Crippen LogP contribution in [0.4, 0.5) is 0 Å². The van der Waals surface area contributed by atoms with Crippen molar-refractivity contribution < 1.29 is 4.79 Å². The summed E-state index contributed by atoms with van der Waals surface area (Å²) in [5.74, 6) is 0.777. The van der Waals surface area contributed by atoms with Gasteiger partial charge in [-0.25, -0.2) is 4.99 Å². The average molecular weight is 516 g/mol. The second-order valence-electron chi connectivity index (χ2n) is 7.08. The van der Waals surface area contributed by atoms with E-state index < -0.39 is 0 Å². The van der Waals surface area contributed by atoms with Crippen molar-refractivity contribution in [2.75, 3.05) is 20.6 Å². The third-order valence-electron chi connectivity index (χ3n) is 4.70. The molecule has 0 saturated carbocycles. The van der Waals surface area contributed by atoms with Gasteiger partial charge in [0.1, 0.15) is 0 Å². The Balaban J connectivity index is 0.00000320. The smallest absolute Gasteiger partial charge is 0.253 e. The number of aliphatic imine (C=N–C) groups is 1. The molecule has 0 bridgehead atoms. The number of guanidine groups is 1. The quantitative estimate of drug-likeness (QED) is 0.290. The van der Waals surface area contributed by atoms with Crippen molar-refractivity contribution in [3.63, 3.8) is 0 Å². The van der Waals surface area contributed by atoms with Gasteiger partial charge in [0.25, 0.3) is 5.91 Å². The lowest BCUT2D eigenvalue weighted by Crippen LogP contribution is -2.36. The Morgan fingerprint density at radius 3 is 2.33 bits per heavy atom.